The van der Waals surface area contributed by atoms with Gasteiger partial charge in [0.1, 0.15) is 0 Å². The summed E-state index contributed by atoms with van der Waals surface area (Å²) in [6.07, 6.45) is 0. The van der Waals surface area contributed by atoms with Crippen molar-refractivity contribution in [2.45, 2.75) is 5.41 Å². The molecule has 0 saturated heterocycles. The number of rotatable bonds is 3. The lowest BCUT2D eigenvalue weighted by Gasteiger charge is -2.30. The van der Waals surface area contributed by atoms with Crippen molar-refractivity contribution >= 4 is 53.9 Å². The molecule has 290 valence electrons. The molecule has 0 atom stereocenters. The Morgan fingerprint density at radius 1 is 0.206 bits per heavy atom. The Kier molecular flexibility index (Phi) is 7.13. The highest BCUT2D eigenvalue weighted by Crippen LogP contribution is 2.64. The standard InChI is InChI=1S/C63H38/c1-2-16-41-34-43(29-28-39(41)14-1)42-17-13-18-45(35-42)60-51-22-5-7-24-53(51)61(54-25-8-6-23-52(54)60)46-31-30-44-37-55-59(38-47(44)36-46)63(58-33-32-40-15-3-4-19-48(40)62(55)58)56-26-11-9-20-49(56)50-21-10-12-27-57(50)63/h1-38H. The Morgan fingerprint density at radius 2 is 0.683 bits per heavy atom. The molecule has 1 spiro atoms. The Bertz CT molecular complexity index is 3820. The third-order valence-corrected chi connectivity index (χ3v) is 14.4. The molecule has 0 unspecified atom stereocenters. The van der Waals surface area contributed by atoms with Gasteiger partial charge in [-0.25, -0.2) is 0 Å². The van der Waals surface area contributed by atoms with Crippen molar-refractivity contribution in [3.63, 3.8) is 0 Å². The molecule has 0 fully saturated rings. The van der Waals surface area contributed by atoms with Crippen molar-refractivity contribution in [3.8, 4) is 55.6 Å². The van der Waals surface area contributed by atoms with E-state index in [9.17, 15) is 0 Å². The van der Waals surface area contributed by atoms with Crippen LogP contribution < -0.4 is 0 Å². The third-order valence-electron chi connectivity index (χ3n) is 14.4. The van der Waals surface area contributed by atoms with E-state index < -0.39 is 5.41 Å². The Morgan fingerprint density at radius 3 is 1.38 bits per heavy atom. The fourth-order valence-corrected chi connectivity index (χ4v) is 11.8. The van der Waals surface area contributed by atoms with Crippen molar-refractivity contribution in [3.05, 3.63) is 253 Å². The van der Waals surface area contributed by atoms with Crippen LogP contribution in [0.4, 0.5) is 0 Å². The molecule has 12 aromatic carbocycles. The van der Waals surface area contributed by atoms with Crippen molar-refractivity contribution in [2.75, 3.05) is 0 Å². The maximum absolute atomic E-state index is 2.54. The summed E-state index contributed by atoms with van der Waals surface area (Å²) in [6.45, 7) is 0. The van der Waals surface area contributed by atoms with Gasteiger partial charge in [0.2, 0.25) is 0 Å². The summed E-state index contributed by atoms with van der Waals surface area (Å²) in [5.74, 6) is 0. The lowest BCUT2D eigenvalue weighted by atomic mass is 9.70. The quantitative estimate of drug-likeness (QED) is 0.156. The molecule has 0 nitrogen and oxygen atoms in total. The molecule has 0 aliphatic heterocycles. The van der Waals surface area contributed by atoms with Gasteiger partial charge >= 0.3 is 0 Å². The first-order valence-electron chi connectivity index (χ1n) is 22.1. The highest BCUT2D eigenvalue weighted by molar-refractivity contribution is 6.22. The number of fused-ring (bicyclic) bond motifs is 16. The molecule has 2 aliphatic carbocycles. The van der Waals surface area contributed by atoms with Gasteiger partial charge in [-0.05, 0) is 162 Å². The van der Waals surface area contributed by atoms with Gasteiger partial charge in [0.05, 0.1) is 5.41 Å². The molecule has 0 amide bonds. The van der Waals surface area contributed by atoms with Crippen LogP contribution in [0.5, 0.6) is 0 Å². The predicted molar refractivity (Wildman–Crippen MR) is 267 cm³/mol. The van der Waals surface area contributed by atoms with Gasteiger partial charge in [0, 0.05) is 0 Å². The topological polar surface area (TPSA) is 0 Å². The monoisotopic (exact) mass is 794 g/mol. The van der Waals surface area contributed by atoms with Crippen LogP contribution in [0.25, 0.3) is 109 Å². The second kappa shape index (κ2) is 13.0. The summed E-state index contributed by atoms with van der Waals surface area (Å²) in [5, 5.41) is 12.7. The Labute approximate surface area is 366 Å². The fourth-order valence-electron chi connectivity index (χ4n) is 11.8. The zero-order valence-electron chi connectivity index (χ0n) is 34.4. The van der Waals surface area contributed by atoms with E-state index in [0.717, 1.165) is 0 Å². The van der Waals surface area contributed by atoms with E-state index in [-0.39, 0.29) is 0 Å². The molecular formula is C63H38. The van der Waals surface area contributed by atoms with Gasteiger partial charge in [0.15, 0.2) is 0 Å². The molecule has 2 aliphatic rings. The molecule has 12 aromatic rings. The summed E-state index contributed by atoms with van der Waals surface area (Å²) >= 11 is 0. The second-order valence-corrected chi connectivity index (χ2v) is 17.5. The number of benzene rings is 12. The maximum atomic E-state index is 2.54. The average Bonchev–Trinajstić information content (AvgIpc) is 3.81. The largest absolute Gasteiger partial charge is 0.0725 e. The molecule has 0 heteroatoms. The minimum atomic E-state index is -0.422. The summed E-state index contributed by atoms with van der Waals surface area (Å²) < 4.78 is 0. The molecular weight excluding hydrogens is 757 g/mol. The first kappa shape index (κ1) is 34.6. The summed E-state index contributed by atoms with van der Waals surface area (Å²) in [4.78, 5) is 0. The Balaban J connectivity index is 1.00. The highest BCUT2D eigenvalue weighted by atomic mass is 14.5. The first-order valence-corrected chi connectivity index (χ1v) is 22.1. The van der Waals surface area contributed by atoms with Gasteiger partial charge in [-0.1, -0.05) is 200 Å². The minimum Gasteiger partial charge on any atom is -0.0619 e. The van der Waals surface area contributed by atoms with Crippen LogP contribution in [0.3, 0.4) is 0 Å². The van der Waals surface area contributed by atoms with Crippen molar-refractivity contribution in [1.82, 2.24) is 0 Å². The molecule has 0 radical (unpaired) electrons. The van der Waals surface area contributed by atoms with E-state index in [1.54, 1.807) is 0 Å². The van der Waals surface area contributed by atoms with Crippen LogP contribution in [-0.2, 0) is 5.41 Å². The molecule has 0 N–H and O–H groups in total. The van der Waals surface area contributed by atoms with E-state index in [2.05, 4.69) is 231 Å². The smallest absolute Gasteiger partial charge is 0.0619 e. The maximum Gasteiger partial charge on any atom is 0.0725 e. The van der Waals surface area contributed by atoms with Crippen LogP contribution >= 0.6 is 0 Å². The molecule has 63 heavy (non-hydrogen) atoms. The lowest BCUT2D eigenvalue weighted by Crippen LogP contribution is -2.25. The zero-order valence-corrected chi connectivity index (χ0v) is 34.4. The molecule has 14 rings (SSSR count). The highest BCUT2D eigenvalue weighted by Gasteiger charge is 2.52. The predicted octanol–water partition coefficient (Wildman–Crippen LogP) is 16.8. The van der Waals surface area contributed by atoms with Gasteiger partial charge in [-0.3, -0.25) is 0 Å². The van der Waals surface area contributed by atoms with E-state index in [1.165, 1.54) is 132 Å². The zero-order chi connectivity index (χ0) is 41.2. The van der Waals surface area contributed by atoms with E-state index in [4.69, 9.17) is 0 Å². The van der Waals surface area contributed by atoms with Gasteiger partial charge < -0.3 is 0 Å². The summed E-state index contributed by atoms with van der Waals surface area (Å²) in [6, 6.07) is 86.7. The molecule has 0 bridgehead atoms. The summed E-state index contributed by atoms with van der Waals surface area (Å²) in [7, 11) is 0. The average molecular weight is 795 g/mol. The van der Waals surface area contributed by atoms with E-state index in [0.29, 0.717) is 0 Å². The first-order chi connectivity index (χ1) is 31.2. The minimum absolute atomic E-state index is 0.422. The SMILES string of the molecule is c1cc(-c2ccc3ccccc3c2)cc(-c2c3ccccc3c(-c3ccc4cc5c(cc4c3)C3(c4ccccc4-c4ccccc43)c3ccc4ccccc4c3-5)c3ccccc23)c1. The van der Waals surface area contributed by atoms with Crippen LogP contribution in [0.1, 0.15) is 22.3 Å². The van der Waals surface area contributed by atoms with E-state index in [1.807, 2.05) is 0 Å². The third kappa shape index (κ3) is 4.75. The van der Waals surface area contributed by atoms with Crippen LogP contribution in [0, 0.1) is 0 Å². The number of hydrogen-bond acceptors (Lipinski definition) is 0. The Hall–Kier alpha value is -8.06. The number of hydrogen-bond donors (Lipinski definition) is 0. The molecule has 0 saturated carbocycles. The van der Waals surface area contributed by atoms with Gasteiger partial charge in [0.25, 0.3) is 0 Å². The van der Waals surface area contributed by atoms with Gasteiger partial charge in [-0.2, -0.15) is 0 Å². The molecule has 0 aromatic heterocycles. The lowest BCUT2D eigenvalue weighted by molar-refractivity contribution is 0.795. The summed E-state index contributed by atoms with van der Waals surface area (Å²) in [5.41, 5.74) is 17.9. The van der Waals surface area contributed by atoms with Crippen LogP contribution in [0.15, 0.2) is 231 Å². The van der Waals surface area contributed by atoms with E-state index >= 15 is 0 Å². The second-order valence-electron chi connectivity index (χ2n) is 17.5. The van der Waals surface area contributed by atoms with Crippen LogP contribution in [-0.4, -0.2) is 0 Å². The van der Waals surface area contributed by atoms with Crippen LogP contribution in [0.2, 0.25) is 0 Å². The van der Waals surface area contributed by atoms with Crippen molar-refractivity contribution < 1.29 is 0 Å². The van der Waals surface area contributed by atoms with Crippen molar-refractivity contribution in [2.24, 2.45) is 0 Å². The normalized spacial score (nSPS) is 13.2. The van der Waals surface area contributed by atoms with Crippen molar-refractivity contribution in [1.29, 1.82) is 0 Å². The fraction of sp³-hybridized carbons (Fsp3) is 0.0159. The molecule has 0 heterocycles. The van der Waals surface area contributed by atoms with Gasteiger partial charge in [-0.15, -0.1) is 0 Å².